The van der Waals surface area contributed by atoms with Crippen molar-refractivity contribution in [3.05, 3.63) is 42.2 Å². The molecule has 0 saturated heterocycles. The number of benzene rings is 1. The van der Waals surface area contributed by atoms with Crippen LogP contribution in [0.15, 0.2) is 40.8 Å². The summed E-state index contributed by atoms with van der Waals surface area (Å²) in [5.74, 6) is -0.0283. The van der Waals surface area contributed by atoms with E-state index in [2.05, 4.69) is 10.3 Å². The number of rotatable bonds is 6. The van der Waals surface area contributed by atoms with Crippen LogP contribution in [-0.2, 0) is 9.53 Å². The Morgan fingerprint density at radius 1 is 1.23 bits per heavy atom. The number of para-hydroxylation sites is 1. The van der Waals surface area contributed by atoms with Crippen molar-refractivity contribution in [3.63, 3.8) is 0 Å². The van der Waals surface area contributed by atoms with Gasteiger partial charge in [0.25, 0.3) is 5.91 Å². The Kier molecular flexibility index (Phi) is 5.37. The standard InChI is InChI=1S/C19H20N2O4S/c1-11(2)10-13(19(23)24-3)20-17(22)14-8-9-15(25-14)18-21-12-6-4-5-7-16(12)26-18/h4-9,11,13H,10H2,1-3H3,(H,20,22). The van der Waals surface area contributed by atoms with Gasteiger partial charge in [-0.15, -0.1) is 11.3 Å². The first kappa shape index (κ1) is 18.1. The number of thiazole rings is 1. The SMILES string of the molecule is COC(=O)C(CC(C)C)NC(=O)c1ccc(-c2nc3ccccc3s2)o1. The molecule has 1 unspecified atom stereocenters. The van der Waals surface area contributed by atoms with E-state index in [1.54, 1.807) is 12.1 Å². The zero-order valence-corrected chi connectivity index (χ0v) is 15.6. The summed E-state index contributed by atoms with van der Waals surface area (Å²) in [4.78, 5) is 28.8. The van der Waals surface area contributed by atoms with Gasteiger partial charge in [0, 0.05) is 0 Å². The predicted octanol–water partition coefficient (Wildman–Crippen LogP) is 3.87. The summed E-state index contributed by atoms with van der Waals surface area (Å²) in [6, 6.07) is 10.4. The van der Waals surface area contributed by atoms with E-state index in [0.29, 0.717) is 17.2 Å². The number of esters is 1. The molecule has 136 valence electrons. The van der Waals surface area contributed by atoms with Crippen LogP contribution in [0.2, 0.25) is 0 Å². The molecular weight excluding hydrogens is 352 g/mol. The topological polar surface area (TPSA) is 81.4 Å². The van der Waals surface area contributed by atoms with Gasteiger partial charge in [0.2, 0.25) is 0 Å². The Morgan fingerprint density at radius 3 is 2.69 bits per heavy atom. The second-order valence-electron chi connectivity index (χ2n) is 6.33. The molecule has 0 radical (unpaired) electrons. The van der Waals surface area contributed by atoms with Crippen molar-refractivity contribution >= 4 is 33.4 Å². The van der Waals surface area contributed by atoms with Crippen molar-refractivity contribution in [3.8, 4) is 10.8 Å². The van der Waals surface area contributed by atoms with E-state index in [-0.39, 0.29) is 11.7 Å². The highest BCUT2D eigenvalue weighted by atomic mass is 32.1. The number of fused-ring (bicyclic) bond motifs is 1. The van der Waals surface area contributed by atoms with Crippen molar-refractivity contribution < 1.29 is 18.7 Å². The summed E-state index contributed by atoms with van der Waals surface area (Å²) in [5, 5.41) is 3.39. The molecular formula is C19H20N2O4S. The average molecular weight is 372 g/mol. The highest BCUT2D eigenvalue weighted by Crippen LogP contribution is 2.31. The molecule has 2 aromatic heterocycles. The van der Waals surface area contributed by atoms with Crippen LogP contribution in [0.3, 0.4) is 0 Å². The van der Waals surface area contributed by atoms with Crippen LogP contribution in [0, 0.1) is 5.92 Å². The summed E-state index contributed by atoms with van der Waals surface area (Å²) in [7, 11) is 1.31. The molecule has 7 heteroatoms. The zero-order chi connectivity index (χ0) is 18.7. The lowest BCUT2D eigenvalue weighted by Crippen LogP contribution is -2.42. The first-order chi connectivity index (χ1) is 12.5. The van der Waals surface area contributed by atoms with Gasteiger partial charge in [-0.2, -0.15) is 0 Å². The summed E-state index contributed by atoms with van der Waals surface area (Å²) in [6.45, 7) is 3.94. The molecule has 1 N–H and O–H groups in total. The molecule has 0 aliphatic carbocycles. The van der Waals surface area contributed by atoms with Crippen LogP contribution in [0.25, 0.3) is 21.0 Å². The minimum atomic E-state index is -0.705. The number of hydrogen-bond acceptors (Lipinski definition) is 6. The van der Waals surface area contributed by atoms with Gasteiger partial charge in [0.15, 0.2) is 16.5 Å². The van der Waals surface area contributed by atoms with Crippen LogP contribution in [0.5, 0.6) is 0 Å². The molecule has 2 heterocycles. The first-order valence-corrected chi connectivity index (χ1v) is 9.14. The van der Waals surface area contributed by atoms with E-state index in [9.17, 15) is 9.59 Å². The smallest absolute Gasteiger partial charge is 0.328 e. The Bertz CT molecular complexity index is 895. The molecule has 0 fully saturated rings. The quantitative estimate of drug-likeness (QED) is 0.664. The number of nitrogens with zero attached hydrogens (tertiary/aromatic N) is 1. The molecule has 0 aliphatic heterocycles. The Balaban J connectivity index is 1.77. The molecule has 1 amide bonds. The van der Waals surface area contributed by atoms with Crippen LogP contribution in [0.1, 0.15) is 30.8 Å². The van der Waals surface area contributed by atoms with Gasteiger partial charge < -0.3 is 14.5 Å². The molecule has 3 aromatic rings. The number of furan rings is 1. The molecule has 3 rings (SSSR count). The number of carbonyl (C=O) groups is 2. The van der Waals surface area contributed by atoms with Crippen molar-refractivity contribution in [2.75, 3.05) is 7.11 Å². The Hall–Kier alpha value is -2.67. The average Bonchev–Trinajstić information content (AvgIpc) is 3.26. The Labute approximate surface area is 155 Å². The molecule has 1 atom stereocenters. The third kappa shape index (κ3) is 3.94. The largest absolute Gasteiger partial charge is 0.467 e. The van der Waals surface area contributed by atoms with E-state index in [0.717, 1.165) is 10.2 Å². The third-order valence-corrected chi connectivity index (χ3v) is 4.88. The van der Waals surface area contributed by atoms with Gasteiger partial charge in [0.1, 0.15) is 6.04 Å². The van der Waals surface area contributed by atoms with Gasteiger partial charge in [-0.1, -0.05) is 26.0 Å². The number of hydrogen-bond donors (Lipinski definition) is 1. The minimum absolute atomic E-state index is 0.136. The molecule has 6 nitrogen and oxygen atoms in total. The maximum Gasteiger partial charge on any atom is 0.328 e. The normalized spacial score (nSPS) is 12.3. The predicted molar refractivity (Wildman–Crippen MR) is 100 cm³/mol. The van der Waals surface area contributed by atoms with Crippen molar-refractivity contribution in [2.45, 2.75) is 26.3 Å². The summed E-state index contributed by atoms with van der Waals surface area (Å²) >= 11 is 1.50. The lowest BCUT2D eigenvalue weighted by molar-refractivity contribution is -0.143. The van der Waals surface area contributed by atoms with Gasteiger partial charge in [-0.25, -0.2) is 9.78 Å². The number of aromatic nitrogens is 1. The maximum atomic E-state index is 12.4. The van der Waals surface area contributed by atoms with E-state index < -0.39 is 17.9 Å². The van der Waals surface area contributed by atoms with Crippen LogP contribution in [-0.4, -0.2) is 30.0 Å². The lowest BCUT2D eigenvalue weighted by atomic mass is 10.0. The highest BCUT2D eigenvalue weighted by molar-refractivity contribution is 7.21. The van der Waals surface area contributed by atoms with Crippen LogP contribution in [0.4, 0.5) is 0 Å². The number of methoxy groups -OCH3 is 1. The monoisotopic (exact) mass is 372 g/mol. The van der Waals surface area contributed by atoms with Gasteiger partial charge in [-0.3, -0.25) is 4.79 Å². The van der Waals surface area contributed by atoms with E-state index in [1.165, 1.54) is 18.4 Å². The first-order valence-electron chi connectivity index (χ1n) is 8.32. The van der Waals surface area contributed by atoms with Crippen molar-refractivity contribution in [1.82, 2.24) is 10.3 Å². The fraction of sp³-hybridized carbons (Fsp3) is 0.316. The summed E-state index contributed by atoms with van der Waals surface area (Å²) in [6.07, 6.45) is 0.490. The van der Waals surface area contributed by atoms with E-state index in [4.69, 9.17) is 9.15 Å². The summed E-state index contributed by atoms with van der Waals surface area (Å²) in [5.41, 5.74) is 0.887. The maximum absolute atomic E-state index is 12.4. The fourth-order valence-corrected chi connectivity index (χ4v) is 3.54. The number of carbonyl (C=O) groups excluding carboxylic acids is 2. The van der Waals surface area contributed by atoms with E-state index in [1.807, 2.05) is 38.1 Å². The second kappa shape index (κ2) is 7.70. The number of ether oxygens (including phenoxy) is 1. The van der Waals surface area contributed by atoms with Gasteiger partial charge in [-0.05, 0) is 36.6 Å². The van der Waals surface area contributed by atoms with Crippen molar-refractivity contribution in [1.29, 1.82) is 0 Å². The molecule has 0 aliphatic rings. The van der Waals surface area contributed by atoms with Crippen molar-refractivity contribution in [2.24, 2.45) is 5.92 Å². The third-order valence-electron chi connectivity index (χ3n) is 3.83. The Morgan fingerprint density at radius 2 is 2.00 bits per heavy atom. The highest BCUT2D eigenvalue weighted by Gasteiger charge is 2.25. The van der Waals surface area contributed by atoms with Crippen LogP contribution >= 0.6 is 11.3 Å². The van der Waals surface area contributed by atoms with Crippen LogP contribution < -0.4 is 5.32 Å². The lowest BCUT2D eigenvalue weighted by Gasteiger charge is -2.17. The zero-order valence-electron chi connectivity index (χ0n) is 14.8. The summed E-state index contributed by atoms with van der Waals surface area (Å²) < 4.78 is 11.5. The van der Waals surface area contributed by atoms with Gasteiger partial charge >= 0.3 is 5.97 Å². The number of amides is 1. The molecule has 0 bridgehead atoms. The minimum Gasteiger partial charge on any atom is -0.467 e. The molecule has 1 aromatic carbocycles. The molecule has 0 spiro atoms. The molecule has 0 saturated carbocycles. The van der Waals surface area contributed by atoms with E-state index >= 15 is 0 Å². The molecule has 26 heavy (non-hydrogen) atoms. The second-order valence-corrected chi connectivity index (χ2v) is 7.36. The number of nitrogens with one attached hydrogen (secondary N) is 1. The fourth-order valence-electron chi connectivity index (χ4n) is 2.61. The van der Waals surface area contributed by atoms with Gasteiger partial charge in [0.05, 0.1) is 17.3 Å².